The molecule has 4 N–H and O–H groups in total. The van der Waals surface area contributed by atoms with Gasteiger partial charge in [-0.25, -0.2) is 4.79 Å². The summed E-state index contributed by atoms with van der Waals surface area (Å²) in [5, 5.41) is 4.53. The topological polar surface area (TPSA) is 95.7 Å². The molecule has 1 amide bonds. The van der Waals surface area contributed by atoms with Crippen molar-refractivity contribution in [3.05, 3.63) is 35.5 Å². The molecular formula is C20H29N5O2. The van der Waals surface area contributed by atoms with E-state index in [9.17, 15) is 4.79 Å². The zero-order chi connectivity index (χ0) is 19.2. The van der Waals surface area contributed by atoms with Crippen molar-refractivity contribution in [2.24, 2.45) is 10.7 Å². The fourth-order valence-electron chi connectivity index (χ4n) is 3.54. The highest BCUT2D eigenvalue weighted by Crippen LogP contribution is 2.21. The summed E-state index contributed by atoms with van der Waals surface area (Å²) < 4.78 is 5.04. The van der Waals surface area contributed by atoms with Crippen LogP contribution < -0.4 is 11.1 Å². The molecule has 0 radical (unpaired) electrons. The summed E-state index contributed by atoms with van der Waals surface area (Å²) in [4.78, 5) is 21.3. The monoisotopic (exact) mass is 371 g/mol. The first-order chi connectivity index (χ1) is 13.1. The lowest BCUT2D eigenvalue weighted by Crippen LogP contribution is -2.48. The Morgan fingerprint density at radius 2 is 2.19 bits per heavy atom. The number of H-pyrrole nitrogens is 1. The Morgan fingerprint density at radius 1 is 1.41 bits per heavy atom. The molecule has 1 aliphatic rings. The molecule has 2 aromatic rings. The van der Waals surface area contributed by atoms with E-state index in [4.69, 9.17) is 10.5 Å². The van der Waals surface area contributed by atoms with Crippen LogP contribution in [0.25, 0.3) is 10.9 Å². The van der Waals surface area contributed by atoms with Crippen LogP contribution in [0.5, 0.6) is 0 Å². The summed E-state index contributed by atoms with van der Waals surface area (Å²) in [7, 11) is 0. The first kappa shape index (κ1) is 19.1. The highest BCUT2D eigenvalue weighted by molar-refractivity contribution is 5.86. The molecule has 7 nitrogen and oxygen atoms in total. The van der Waals surface area contributed by atoms with E-state index in [1.807, 2.05) is 6.92 Å². The van der Waals surface area contributed by atoms with Gasteiger partial charge in [-0.15, -0.1) is 0 Å². The van der Waals surface area contributed by atoms with Crippen LogP contribution in [0.1, 0.15) is 30.9 Å². The molecule has 0 saturated carbocycles. The maximum Gasteiger partial charge on any atom is 0.409 e. The van der Waals surface area contributed by atoms with Gasteiger partial charge in [0.25, 0.3) is 0 Å². The number of aromatic nitrogens is 1. The van der Waals surface area contributed by atoms with Crippen molar-refractivity contribution in [2.75, 3.05) is 26.2 Å². The van der Waals surface area contributed by atoms with Crippen molar-refractivity contribution in [3.8, 4) is 0 Å². The quantitative estimate of drug-likeness (QED) is 0.556. The molecule has 1 fully saturated rings. The van der Waals surface area contributed by atoms with E-state index in [0.29, 0.717) is 32.2 Å². The number of carbonyl (C=O) groups excluding carboxylic acids is 1. The summed E-state index contributed by atoms with van der Waals surface area (Å²) >= 11 is 0. The minimum Gasteiger partial charge on any atom is -0.450 e. The predicted octanol–water partition coefficient (Wildman–Crippen LogP) is 2.54. The number of guanidine groups is 1. The third-order valence-electron chi connectivity index (χ3n) is 5.05. The molecule has 0 aliphatic carbocycles. The zero-order valence-corrected chi connectivity index (χ0v) is 16.1. The van der Waals surface area contributed by atoms with E-state index in [2.05, 4.69) is 46.6 Å². The fourth-order valence-corrected chi connectivity index (χ4v) is 3.54. The van der Waals surface area contributed by atoms with Gasteiger partial charge in [-0.2, -0.15) is 0 Å². The minimum atomic E-state index is -0.230. The first-order valence-corrected chi connectivity index (χ1v) is 9.62. The summed E-state index contributed by atoms with van der Waals surface area (Å²) in [6.07, 6.45) is 4.36. The van der Waals surface area contributed by atoms with Gasteiger partial charge >= 0.3 is 6.09 Å². The highest BCUT2D eigenvalue weighted by atomic mass is 16.6. The van der Waals surface area contributed by atoms with Gasteiger partial charge in [-0.1, -0.05) is 18.2 Å². The third kappa shape index (κ3) is 4.72. The van der Waals surface area contributed by atoms with Gasteiger partial charge < -0.3 is 25.7 Å². The number of aryl methyl sites for hydroxylation is 1. The number of para-hydroxylation sites is 1. The van der Waals surface area contributed by atoms with Gasteiger partial charge in [-0.3, -0.25) is 4.99 Å². The summed E-state index contributed by atoms with van der Waals surface area (Å²) in [6, 6.07) is 6.57. The molecule has 0 spiro atoms. The largest absolute Gasteiger partial charge is 0.450 e. The lowest BCUT2D eigenvalue weighted by atomic mass is 10.1. The minimum absolute atomic E-state index is 0.230. The number of aliphatic imine (C=N–C) groups is 1. The van der Waals surface area contributed by atoms with Crippen LogP contribution in [-0.2, 0) is 11.2 Å². The number of ether oxygens (including phenoxy) is 1. The number of piperidine rings is 1. The van der Waals surface area contributed by atoms with Gasteiger partial charge in [-0.05, 0) is 44.2 Å². The van der Waals surface area contributed by atoms with Crippen molar-refractivity contribution in [1.82, 2.24) is 15.2 Å². The normalized spacial score (nSPS) is 15.9. The Labute approximate surface area is 160 Å². The second-order valence-electron chi connectivity index (χ2n) is 6.93. The standard InChI is InChI=1S/C20H29N5O2/c1-3-27-20(26)25-11-8-16(9-12-25)24-19(21)22-10-7-15-13-23-18-14(2)5-4-6-17(15)18/h4-6,13,16,23H,3,7-12H2,1-2H3,(H3,21,22,24). The third-order valence-corrected chi connectivity index (χ3v) is 5.05. The summed E-state index contributed by atoms with van der Waals surface area (Å²) in [5.74, 6) is 0.473. The number of benzene rings is 1. The predicted molar refractivity (Wildman–Crippen MR) is 108 cm³/mol. The van der Waals surface area contributed by atoms with Crippen LogP contribution in [0.2, 0.25) is 0 Å². The van der Waals surface area contributed by atoms with E-state index in [-0.39, 0.29) is 12.1 Å². The molecule has 0 bridgehead atoms. The van der Waals surface area contributed by atoms with Crippen molar-refractivity contribution >= 4 is 23.0 Å². The Bertz CT molecular complexity index is 806. The van der Waals surface area contributed by atoms with Crippen LogP contribution in [0.15, 0.2) is 29.4 Å². The van der Waals surface area contributed by atoms with Crippen molar-refractivity contribution in [1.29, 1.82) is 0 Å². The number of amides is 1. The number of hydrogen-bond acceptors (Lipinski definition) is 3. The molecule has 1 aliphatic heterocycles. The molecule has 1 saturated heterocycles. The second-order valence-corrected chi connectivity index (χ2v) is 6.93. The number of nitrogens with one attached hydrogen (secondary N) is 2. The second kappa shape index (κ2) is 8.79. The number of carbonyl (C=O) groups is 1. The van der Waals surface area contributed by atoms with Gasteiger partial charge in [0.2, 0.25) is 0 Å². The zero-order valence-electron chi connectivity index (χ0n) is 16.1. The molecule has 0 unspecified atom stereocenters. The van der Waals surface area contributed by atoms with Gasteiger partial charge in [0.1, 0.15) is 0 Å². The number of rotatable bonds is 5. The molecule has 0 atom stereocenters. The number of aromatic amines is 1. The van der Waals surface area contributed by atoms with Crippen molar-refractivity contribution in [3.63, 3.8) is 0 Å². The van der Waals surface area contributed by atoms with Crippen LogP contribution >= 0.6 is 0 Å². The van der Waals surface area contributed by atoms with Gasteiger partial charge in [0.15, 0.2) is 5.96 Å². The lowest BCUT2D eigenvalue weighted by Gasteiger charge is -2.31. The molecule has 1 aromatic carbocycles. The number of fused-ring (bicyclic) bond motifs is 1. The Balaban J connectivity index is 1.46. The Morgan fingerprint density at radius 3 is 2.93 bits per heavy atom. The van der Waals surface area contributed by atoms with E-state index >= 15 is 0 Å². The van der Waals surface area contributed by atoms with Crippen LogP contribution in [0.4, 0.5) is 4.79 Å². The summed E-state index contributed by atoms with van der Waals surface area (Å²) in [5.41, 5.74) is 9.74. The molecule has 27 heavy (non-hydrogen) atoms. The van der Waals surface area contributed by atoms with Crippen molar-refractivity contribution < 1.29 is 9.53 Å². The first-order valence-electron chi connectivity index (χ1n) is 9.62. The molecular weight excluding hydrogens is 342 g/mol. The molecule has 7 heteroatoms. The van der Waals surface area contributed by atoms with E-state index in [1.165, 1.54) is 22.0 Å². The van der Waals surface area contributed by atoms with Crippen LogP contribution in [0, 0.1) is 6.92 Å². The SMILES string of the molecule is CCOC(=O)N1CCC(NC(N)=NCCc2c[nH]c3c(C)cccc23)CC1. The lowest BCUT2D eigenvalue weighted by molar-refractivity contribution is 0.0963. The smallest absolute Gasteiger partial charge is 0.409 e. The fraction of sp³-hybridized carbons (Fsp3) is 0.500. The molecule has 3 rings (SSSR count). The molecule has 2 heterocycles. The average Bonchev–Trinajstić information content (AvgIpc) is 3.07. The van der Waals surface area contributed by atoms with Gasteiger partial charge in [0, 0.05) is 42.8 Å². The maximum atomic E-state index is 11.7. The number of nitrogens with zero attached hydrogens (tertiary/aromatic N) is 2. The maximum absolute atomic E-state index is 11.7. The van der Waals surface area contributed by atoms with Crippen LogP contribution in [-0.4, -0.2) is 54.2 Å². The van der Waals surface area contributed by atoms with Crippen LogP contribution in [0.3, 0.4) is 0 Å². The summed E-state index contributed by atoms with van der Waals surface area (Å²) in [6.45, 7) is 6.34. The number of likely N-dealkylation sites (tertiary alicyclic amines) is 1. The number of nitrogens with two attached hydrogens (primary N) is 1. The highest BCUT2D eigenvalue weighted by Gasteiger charge is 2.23. The Hall–Kier alpha value is -2.70. The Kier molecular flexibility index (Phi) is 6.21. The van der Waals surface area contributed by atoms with E-state index in [0.717, 1.165) is 19.3 Å². The molecule has 146 valence electrons. The van der Waals surface area contributed by atoms with Gasteiger partial charge in [0.05, 0.1) is 6.61 Å². The van der Waals surface area contributed by atoms with E-state index in [1.54, 1.807) is 4.90 Å². The van der Waals surface area contributed by atoms with E-state index < -0.39 is 0 Å². The average molecular weight is 371 g/mol. The van der Waals surface area contributed by atoms with Crippen molar-refractivity contribution in [2.45, 2.75) is 39.2 Å². The number of hydrogen-bond donors (Lipinski definition) is 3. The molecule has 1 aromatic heterocycles.